The normalized spacial score (nSPS) is 17.0. The van der Waals surface area contributed by atoms with E-state index in [1.165, 1.54) is 36.2 Å². The first-order valence-corrected chi connectivity index (χ1v) is 12.4. The summed E-state index contributed by atoms with van der Waals surface area (Å²) in [6.45, 7) is 2.58. The number of nitrogens with one attached hydrogen (secondary N) is 1. The van der Waals surface area contributed by atoms with E-state index < -0.39 is 34.9 Å². The zero-order valence-electron chi connectivity index (χ0n) is 12.3. The zero-order chi connectivity index (χ0) is 17.6. The van der Waals surface area contributed by atoms with Crippen LogP contribution in [0.4, 0.5) is 0 Å². The van der Waals surface area contributed by atoms with Gasteiger partial charge in [-0.15, -0.1) is 0 Å². The van der Waals surface area contributed by atoms with Crippen LogP contribution in [0.25, 0.3) is 0 Å². The third kappa shape index (κ3) is 7.29. The molecule has 0 aliphatic heterocycles. The van der Waals surface area contributed by atoms with Gasteiger partial charge < -0.3 is 0 Å². The quantitative estimate of drug-likeness (QED) is 0.477. The lowest BCUT2D eigenvalue weighted by molar-refractivity contribution is 0.397. The van der Waals surface area contributed by atoms with Crippen molar-refractivity contribution in [1.29, 1.82) is 0 Å². The fourth-order valence-corrected chi connectivity index (χ4v) is 6.46. The number of halogens is 1. The maximum atomic E-state index is 12.2. The Morgan fingerprint density at radius 2 is 1.83 bits per heavy atom. The van der Waals surface area contributed by atoms with Gasteiger partial charge >= 0.3 is 13.3 Å². The van der Waals surface area contributed by atoms with Crippen LogP contribution in [-0.4, -0.2) is 29.0 Å². The van der Waals surface area contributed by atoms with E-state index in [4.69, 9.17) is 8.62 Å². The van der Waals surface area contributed by atoms with Gasteiger partial charge in [0.25, 0.3) is 5.56 Å². The molecule has 1 N–H and O–H groups in total. The Morgan fingerprint density at radius 3 is 2.35 bits per heavy atom. The Balaban J connectivity index is 2.80. The number of H-pyrrole nitrogens is 1. The average Bonchev–Trinajstić information content (AvgIpc) is 2.38. The van der Waals surface area contributed by atoms with Gasteiger partial charge in [-0.05, 0) is 15.9 Å². The average molecular weight is 449 g/mol. The topological polar surface area (TPSA) is 125 Å². The van der Waals surface area contributed by atoms with Gasteiger partial charge in [-0.25, -0.2) is 4.79 Å². The molecule has 23 heavy (non-hydrogen) atoms. The molecule has 0 amide bonds. The van der Waals surface area contributed by atoms with Crippen molar-refractivity contribution >= 4 is 39.6 Å². The highest BCUT2D eigenvalue weighted by Crippen LogP contribution is 2.59. The number of aromatic nitrogens is 2. The minimum Gasteiger partial charge on any atom is -0.296 e. The van der Waals surface area contributed by atoms with E-state index in [9.17, 15) is 23.3 Å². The standard InChI is InChI=1S/C10H16BrN2O7P3/c1-21(16)19-23(18,20-22(2)17)6-4-3-5-13-7-8(11)9(14)12-10(13)15/h3-4,7,21-22H,5-6H2,1-2H3,(H,12,14,15)/b4-3-. The summed E-state index contributed by atoms with van der Waals surface area (Å²) >= 11 is 3.00. The number of allylic oxidation sites excluding steroid dienone is 2. The molecular formula is C10H16BrN2O7P3. The molecule has 0 radical (unpaired) electrons. The van der Waals surface area contributed by atoms with E-state index >= 15 is 0 Å². The molecule has 1 rings (SSSR count). The van der Waals surface area contributed by atoms with Gasteiger partial charge in [0.2, 0.25) is 0 Å². The third-order valence-electron chi connectivity index (χ3n) is 2.30. The summed E-state index contributed by atoms with van der Waals surface area (Å²) in [5.74, 6) is 0. The molecule has 0 aliphatic carbocycles. The Morgan fingerprint density at radius 1 is 1.26 bits per heavy atom. The first kappa shape index (κ1) is 20.6. The molecule has 0 saturated carbocycles. The molecular weight excluding hydrogens is 433 g/mol. The van der Waals surface area contributed by atoms with Gasteiger partial charge in [-0.2, -0.15) is 0 Å². The van der Waals surface area contributed by atoms with Crippen molar-refractivity contribution in [3.8, 4) is 0 Å². The van der Waals surface area contributed by atoms with Gasteiger partial charge in [0.15, 0.2) is 16.1 Å². The van der Waals surface area contributed by atoms with Crippen LogP contribution in [0.3, 0.4) is 0 Å². The van der Waals surface area contributed by atoms with Gasteiger partial charge in [0, 0.05) is 26.1 Å². The van der Waals surface area contributed by atoms with Crippen LogP contribution in [0, 0.1) is 0 Å². The minimum atomic E-state index is -3.76. The second-order valence-electron chi connectivity index (χ2n) is 4.32. The molecule has 9 nitrogen and oxygen atoms in total. The molecule has 2 atom stereocenters. The summed E-state index contributed by atoms with van der Waals surface area (Å²) in [6, 6.07) is 0. The van der Waals surface area contributed by atoms with E-state index in [1.54, 1.807) is 0 Å². The third-order valence-corrected chi connectivity index (χ3v) is 7.81. The van der Waals surface area contributed by atoms with Gasteiger partial charge in [0.1, 0.15) is 0 Å². The highest BCUT2D eigenvalue weighted by Gasteiger charge is 2.26. The summed E-state index contributed by atoms with van der Waals surface area (Å²) in [7, 11) is -8.83. The highest BCUT2D eigenvalue weighted by atomic mass is 79.9. The molecule has 0 aliphatic rings. The fraction of sp³-hybridized carbons (Fsp3) is 0.400. The molecule has 0 aromatic carbocycles. The molecule has 0 saturated heterocycles. The number of hydrogen-bond donors (Lipinski definition) is 1. The largest absolute Gasteiger partial charge is 0.345 e. The maximum absolute atomic E-state index is 12.2. The molecule has 0 fully saturated rings. The number of rotatable bonds is 8. The predicted molar refractivity (Wildman–Crippen MR) is 92.7 cm³/mol. The number of hydrogen-bond acceptors (Lipinski definition) is 7. The van der Waals surface area contributed by atoms with Gasteiger partial charge in [-0.3, -0.25) is 36.7 Å². The maximum Gasteiger partial charge on any atom is 0.345 e. The summed E-state index contributed by atoms with van der Waals surface area (Å²) in [5.41, 5.74) is -1.14. The predicted octanol–water partition coefficient (Wildman–Crippen LogP) is 2.29. The summed E-state index contributed by atoms with van der Waals surface area (Å²) in [4.78, 5) is 24.9. The van der Waals surface area contributed by atoms with Crippen molar-refractivity contribution in [2.24, 2.45) is 0 Å². The van der Waals surface area contributed by atoms with E-state index in [0.717, 1.165) is 0 Å². The molecule has 0 bridgehead atoms. The molecule has 130 valence electrons. The van der Waals surface area contributed by atoms with Crippen molar-refractivity contribution in [3.63, 3.8) is 0 Å². The minimum absolute atomic E-state index is 0.0941. The Bertz CT molecular complexity index is 780. The molecule has 13 heteroatoms. The van der Waals surface area contributed by atoms with Crippen LogP contribution in [0.15, 0.2) is 32.4 Å². The molecule has 0 spiro atoms. The van der Waals surface area contributed by atoms with Crippen molar-refractivity contribution in [2.75, 3.05) is 19.5 Å². The van der Waals surface area contributed by atoms with Crippen LogP contribution >= 0.6 is 39.6 Å². The summed E-state index contributed by atoms with van der Waals surface area (Å²) < 4.78 is 45.5. The van der Waals surface area contributed by atoms with Crippen molar-refractivity contribution in [3.05, 3.63) is 43.7 Å². The Kier molecular flexibility index (Phi) is 8.14. The van der Waals surface area contributed by atoms with Crippen LogP contribution in [0.5, 0.6) is 0 Å². The van der Waals surface area contributed by atoms with Crippen LogP contribution in [-0.2, 0) is 28.9 Å². The monoisotopic (exact) mass is 448 g/mol. The first-order chi connectivity index (χ1) is 10.6. The highest BCUT2D eigenvalue weighted by molar-refractivity contribution is 9.10. The lowest BCUT2D eigenvalue weighted by Crippen LogP contribution is -2.29. The lowest BCUT2D eigenvalue weighted by atomic mass is 10.5. The van der Waals surface area contributed by atoms with Gasteiger partial charge in [0.05, 0.1) is 10.6 Å². The van der Waals surface area contributed by atoms with E-state index in [1.807, 2.05) is 0 Å². The van der Waals surface area contributed by atoms with E-state index in [2.05, 4.69) is 20.9 Å². The first-order valence-electron chi connectivity index (χ1n) is 6.26. The zero-order valence-corrected chi connectivity index (χ0v) is 16.8. The summed E-state index contributed by atoms with van der Waals surface area (Å²) in [5, 5.41) is 0. The Hall–Kier alpha value is -0.490. The summed E-state index contributed by atoms with van der Waals surface area (Å²) in [6.07, 6.45) is 3.97. The van der Waals surface area contributed by atoms with Crippen LogP contribution < -0.4 is 11.2 Å². The number of nitrogens with zero attached hydrogens (tertiary/aromatic N) is 1. The SMILES string of the molecule is C[PH](=O)OP(=O)(C/C=C\Cn1cc(Br)c(=O)[nH]c1=O)O[PH](C)=O. The molecule has 1 aromatic rings. The second-order valence-corrected chi connectivity index (χ2v) is 10.2. The van der Waals surface area contributed by atoms with Crippen molar-refractivity contribution in [2.45, 2.75) is 6.54 Å². The van der Waals surface area contributed by atoms with E-state index in [-0.39, 0.29) is 17.2 Å². The van der Waals surface area contributed by atoms with Crippen LogP contribution in [0.2, 0.25) is 0 Å². The number of aromatic amines is 1. The van der Waals surface area contributed by atoms with Gasteiger partial charge in [-0.1, -0.05) is 12.2 Å². The smallest absolute Gasteiger partial charge is 0.296 e. The fourth-order valence-electron chi connectivity index (χ4n) is 1.49. The molecule has 1 heterocycles. The van der Waals surface area contributed by atoms with E-state index in [0.29, 0.717) is 0 Å². The van der Waals surface area contributed by atoms with Crippen molar-refractivity contribution < 1.29 is 22.3 Å². The Labute approximate surface area is 141 Å². The second kappa shape index (κ2) is 9.11. The van der Waals surface area contributed by atoms with Crippen molar-refractivity contribution in [1.82, 2.24) is 9.55 Å². The van der Waals surface area contributed by atoms with Crippen LogP contribution in [0.1, 0.15) is 0 Å². The lowest BCUT2D eigenvalue weighted by Gasteiger charge is -2.13. The molecule has 2 unspecified atom stereocenters. The molecule has 1 aromatic heterocycles.